The third kappa shape index (κ3) is 5.05. The monoisotopic (exact) mass is 337 g/mol. The van der Waals surface area contributed by atoms with E-state index < -0.39 is 0 Å². The summed E-state index contributed by atoms with van der Waals surface area (Å²) in [4.78, 5) is 14.5. The van der Waals surface area contributed by atoms with Gasteiger partial charge in [0.05, 0.1) is 10.6 Å². The maximum atomic E-state index is 11.6. The Bertz CT molecular complexity index is 670. The lowest BCUT2D eigenvalue weighted by Gasteiger charge is -2.13. The van der Waals surface area contributed by atoms with Crippen molar-refractivity contribution in [2.75, 3.05) is 25.6 Å². The SMILES string of the molecule is CN(C)c1cccc(OCC(=O)N/N=C/c2ccc(Cl)s2)c1. The third-order valence-electron chi connectivity index (χ3n) is 2.68. The van der Waals surface area contributed by atoms with Gasteiger partial charge in [0.1, 0.15) is 5.75 Å². The number of benzene rings is 1. The quantitative estimate of drug-likeness (QED) is 0.651. The number of nitrogens with one attached hydrogen (secondary N) is 1. The minimum absolute atomic E-state index is 0.0978. The topological polar surface area (TPSA) is 53.9 Å². The van der Waals surface area contributed by atoms with E-state index in [4.69, 9.17) is 16.3 Å². The van der Waals surface area contributed by atoms with Gasteiger partial charge in [0.2, 0.25) is 0 Å². The molecule has 0 saturated carbocycles. The van der Waals surface area contributed by atoms with Crippen molar-refractivity contribution < 1.29 is 9.53 Å². The van der Waals surface area contributed by atoms with Gasteiger partial charge in [-0.25, -0.2) is 5.43 Å². The van der Waals surface area contributed by atoms with Gasteiger partial charge in [-0.1, -0.05) is 17.7 Å². The lowest BCUT2D eigenvalue weighted by molar-refractivity contribution is -0.123. The van der Waals surface area contributed by atoms with Crippen LogP contribution in [0.2, 0.25) is 4.34 Å². The first kappa shape index (κ1) is 16.3. The Balaban J connectivity index is 1.80. The molecule has 0 bridgehead atoms. The minimum atomic E-state index is -0.325. The average molecular weight is 338 g/mol. The van der Waals surface area contributed by atoms with Crippen molar-refractivity contribution in [3.8, 4) is 5.75 Å². The standard InChI is InChI=1S/C15H16ClN3O2S/c1-19(2)11-4-3-5-12(8-11)21-10-15(20)18-17-9-13-6-7-14(16)22-13/h3-9H,10H2,1-2H3,(H,18,20)/b17-9+. The summed E-state index contributed by atoms with van der Waals surface area (Å²) in [5.41, 5.74) is 3.41. The molecule has 0 unspecified atom stereocenters. The molecule has 5 nitrogen and oxygen atoms in total. The third-order valence-corrected chi connectivity index (χ3v) is 3.84. The van der Waals surface area contributed by atoms with Crippen LogP contribution in [0, 0.1) is 0 Å². The second kappa shape index (κ2) is 7.82. The Morgan fingerprint density at radius 2 is 2.23 bits per heavy atom. The summed E-state index contributed by atoms with van der Waals surface area (Å²) in [5.74, 6) is 0.310. The lowest BCUT2D eigenvalue weighted by atomic mass is 10.3. The number of hydrogen-bond acceptors (Lipinski definition) is 5. The highest BCUT2D eigenvalue weighted by atomic mass is 35.5. The van der Waals surface area contributed by atoms with E-state index in [1.54, 1.807) is 18.3 Å². The maximum absolute atomic E-state index is 11.6. The van der Waals surface area contributed by atoms with Gasteiger partial charge in [0.15, 0.2) is 6.61 Å². The zero-order chi connectivity index (χ0) is 15.9. The van der Waals surface area contributed by atoms with Crippen molar-refractivity contribution in [3.63, 3.8) is 0 Å². The van der Waals surface area contributed by atoms with Crippen molar-refractivity contribution in [1.82, 2.24) is 5.43 Å². The molecule has 1 heterocycles. The first-order chi connectivity index (χ1) is 10.5. The summed E-state index contributed by atoms with van der Waals surface area (Å²) < 4.78 is 6.11. The molecule has 0 aliphatic heterocycles. The minimum Gasteiger partial charge on any atom is -0.484 e. The first-order valence-electron chi connectivity index (χ1n) is 6.52. The Hall–Kier alpha value is -2.05. The normalized spacial score (nSPS) is 10.7. The van der Waals surface area contributed by atoms with E-state index in [1.165, 1.54) is 11.3 Å². The Morgan fingerprint density at radius 1 is 1.41 bits per heavy atom. The van der Waals surface area contributed by atoms with E-state index >= 15 is 0 Å². The van der Waals surface area contributed by atoms with Gasteiger partial charge in [-0.3, -0.25) is 4.79 Å². The molecule has 0 atom stereocenters. The number of hydrogen-bond donors (Lipinski definition) is 1. The summed E-state index contributed by atoms with van der Waals surface area (Å²) in [6, 6.07) is 11.1. The van der Waals surface area contributed by atoms with Gasteiger partial charge in [0.25, 0.3) is 5.91 Å². The van der Waals surface area contributed by atoms with Crippen LogP contribution in [0.3, 0.4) is 0 Å². The molecular formula is C15H16ClN3O2S. The number of ether oxygens (including phenoxy) is 1. The molecule has 2 rings (SSSR count). The fraction of sp³-hybridized carbons (Fsp3) is 0.200. The van der Waals surface area contributed by atoms with E-state index in [0.29, 0.717) is 10.1 Å². The van der Waals surface area contributed by atoms with Crippen LogP contribution in [0.5, 0.6) is 5.75 Å². The molecular weight excluding hydrogens is 322 g/mol. The molecule has 0 spiro atoms. The molecule has 0 saturated heterocycles. The summed E-state index contributed by atoms with van der Waals surface area (Å²) in [5, 5.41) is 3.85. The highest BCUT2D eigenvalue weighted by Crippen LogP contribution is 2.20. The molecule has 22 heavy (non-hydrogen) atoms. The zero-order valence-corrected chi connectivity index (χ0v) is 13.8. The number of anilines is 1. The number of thiophene rings is 1. The molecule has 0 aliphatic carbocycles. The van der Waals surface area contributed by atoms with Gasteiger partial charge >= 0.3 is 0 Å². The smallest absolute Gasteiger partial charge is 0.277 e. The van der Waals surface area contributed by atoms with Crippen molar-refractivity contribution in [3.05, 3.63) is 45.6 Å². The second-order valence-electron chi connectivity index (χ2n) is 4.62. The predicted molar refractivity (Wildman–Crippen MR) is 91.3 cm³/mol. The fourth-order valence-electron chi connectivity index (χ4n) is 1.60. The van der Waals surface area contributed by atoms with Gasteiger partial charge in [-0.15, -0.1) is 11.3 Å². The molecule has 1 aromatic carbocycles. The van der Waals surface area contributed by atoms with Crippen molar-refractivity contribution in [2.45, 2.75) is 0 Å². The number of carbonyl (C=O) groups is 1. The van der Waals surface area contributed by atoms with Crippen LogP contribution in [0.4, 0.5) is 5.69 Å². The van der Waals surface area contributed by atoms with E-state index in [0.717, 1.165) is 10.6 Å². The van der Waals surface area contributed by atoms with Gasteiger partial charge in [-0.05, 0) is 24.3 Å². The number of halogens is 1. The molecule has 0 aliphatic rings. The molecule has 1 N–H and O–H groups in total. The van der Waals surface area contributed by atoms with Crippen LogP contribution in [0.25, 0.3) is 0 Å². The molecule has 1 aromatic heterocycles. The Kier molecular flexibility index (Phi) is 5.80. The van der Waals surface area contributed by atoms with Gasteiger partial charge in [-0.2, -0.15) is 5.10 Å². The number of carbonyl (C=O) groups excluding carboxylic acids is 1. The highest BCUT2D eigenvalue weighted by Gasteiger charge is 2.03. The number of rotatable bonds is 6. The Labute approximate surface area is 138 Å². The maximum Gasteiger partial charge on any atom is 0.277 e. The van der Waals surface area contributed by atoms with Crippen LogP contribution >= 0.6 is 22.9 Å². The summed E-state index contributed by atoms with van der Waals surface area (Å²) in [6.07, 6.45) is 1.54. The Morgan fingerprint density at radius 3 is 2.91 bits per heavy atom. The largest absolute Gasteiger partial charge is 0.484 e. The van der Waals surface area contributed by atoms with E-state index in [-0.39, 0.29) is 12.5 Å². The lowest BCUT2D eigenvalue weighted by Crippen LogP contribution is -2.24. The number of nitrogens with zero attached hydrogens (tertiary/aromatic N) is 2. The first-order valence-corrected chi connectivity index (χ1v) is 7.71. The molecule has 116 valence electrons. The number of amides is 1. The molecule has 7 heteroatoms. The van der Waals surface area contributed by atoms with Gasteiger partial charge < -0.3 is 9.64 Å². The van der Waals surface area contributed by atoms with Crippen molar-refractivity contribution in [2.24, 2.45) is 5.10 Å². The summed E-state index contributed by atoms with van der Waals surface area (Å²) in [7, 11) is 3.88. The van der Waals surface area contributed by atoms with E-state index in [9.17, 15) is 4.79 Å². The average Bonchev–Trinajstić information content (AvgIpc) is 2.91. The number of hydrazone groups is 1. The van der Waals surface area contributed by atoms with Crippen LogP contribution in [0.15, 0.2) is 41.5 Å². The van der Waals surface area contributed by atoms with Crippen LogP contribution in [-0.4, -0.2) is 32.8 Å². The van der Waals surface area contributed by atoms with Crippen LogP contribution in [-0.2, 0) is 4.79 Å². The second-order valence-corrected chi connectivity index (χ2v) is 6.36. The summed E-state index contributed by atoms with van der Waals surface area (Å²) >= 11 is 7.18. The van der Waals surface area contributed by atoms with Crippen LogP contribution < -0.4 is 15.1 Å². The zero-order valence-electron chi connectivity index (χ0n) is 12.2. The van der Waals surface area contributed by atoms with E-state index in [2.05, 4.69) is 10.5 Å². The molecule has 0 fully saturated rings. The van der Waals surface area contributed by atoms with Crippen molar-refractivity contribution >= 4 is 40.7 Å². The van der Waals surface area contributed by atoms with Crippen molar-refractivity contribution in [1.29, 1.82) is 0 Å². The molecule has 0 radical (unpaired) electrons. The highest BCUT2D eigenvalue weighted by molar-refractivity contribution is 7.17. The summed E-state index contributed by atoms with van der Waals surface area (Å²) in [6.45, 7) is -0.0978. The molecule has 1 amide bonds. The fourth-order valence-corrected chi connectivity index (χ4v) is 2.53. The molecule has 2 aromatic rings. The van der Waals surface area contributed by atoms with Gasteiger partial charge in [0, 0.05) is 30.7 Å². The van der Waals surface area contributed by atoms with Crippen LogP contribution in [0.1, 0.15) is 4.88 Å². The van der Waals surface area contributed by atoms with E-state index in [1.807, 2.05) is 43.3 Å². The predicted octanol–water partition coefficient (Wildman–Crippen LogP) is 3.00.